The van der Waals surface area contributed by atoms with Crippen LogP contribution in [0.4, 0.5) is 10.5 Å². The number of hydrogen-bond donors (Lipinski definition) is 1. The van der Waals surface area contributed by atoms with E-state index in [1.807, 2.05) is 60.7 Å². The molecule has 36 heavy (non-hydrogen) atoms. The molecule has 1 unspecified atom stereocenters. The van der Waals surface area contributed by atoms with Crippen molar-refractivity contribution in [3.63, 3.8) is 0 Å². The molecule has 0 aromatic heterocycles. The van der Waals surface area contributed by atoms with Crippen LogP contribution in [-0.4, -0.2) is 67.4 Å². The minimum Gasteiger partial charge on any atom is -0.446 e. The highest BCUT2D eigenvalue weighted by Crippen LogP contribution is 2.28. The van der Waals surface area contributed by atoms with Crippen LogP contribution in [0.3, 0.4) is 0 Å². The Kier molecular flexibility index (Phi) is 8.68. The maximum absolute atomic E-state index is 12.6. The number of anilines is 1. The van der Waals surface area contributed by atoms with E-state index in [0.717, 1.165) is 55.6 Å². The highest BCUT2D eigenvalue weighted by molar-refractivity contribution is 5.96. The highest BCUT2D eigenvalue weighted by Gasteiger charge is 2.24. The van der Waals surface area contributed by atoms with E-state index in [0.29, 0.717) is 18.5 Å². The number of amides is 2. The molecule has 0 saturated carbocycles. The van der Waals surface area contributed by atoms with Crippen LogP contribution in [0.15, 0.2) is 78.4 Å². The summed E-state index contributed by atoms with van der Waals surface area (Å²) >= 11 is 0. The number of benzene rings is 2. The molecule has 7 nitrogen and oxygen atoms in total. The number of likely N-dealkylation sites (N-methyl/N-ethyl adjacent to an activating group) is 1. The smallest absolute Gasteiger partial charge is 0.411 e. The molecule has 1 heterocycles. The van der Waals surface area contributed by atoms with Crippen molar-refractivity contribution >= 4 is 24.0 Å². The lowest BCUT2D eigenvalue weighted by atomic mass is 9.97. The second-order valence-corrected chi connectivity index (χ2v) is 9.26. The average molecular weight is 488 g/mol. The van der Waals surface area contributed by atoms with Crippen LogP contribution in [-0.2, 0) is 14.3 Å². The van der Waals surface area contributed by atoms with Gasteiger partial charge in [0.1, 0.15) is 12.4 Å². The number of nitrogens with zero attached hydrogens (tertiary/aromatic N) is 2. The third-order valence-electron chi connectivity index (χ3n) is 6.71. The number of piperidine rings is 1. The number of carbonyl (C=O) groups is 3. The zero-order chi connectivity index (χ0) is 25.3. The van der Waals surface area contributed by atoms with Crippen LogP contribution < -0.4 is 5.32 Å². The largest absolute Gasteiger partial charge is 0.446 e. The summed E-state index contributed by atoms with van der Waals surface area (Å²) in [6.45, 7) is 3.00. The Morgan fingerprint density at radius 3 is 2.50 bits per heavy atom. The van der Waals surface area contributed by atoms with Crippen molar-refractivity contribution in [1.82, 2.24) is 9.80 Å². The normalized spacial score (nSPS) is 18.2. The van der Waals surface area contributed by atoms with E-state index in [1.165, 1.54) is 0 Å². The molecule has 1 aliphatic carbocycles. The number of ether oxygens (including phenoxy) is 1. The Labute approximate surface area is 212 Å². The average Bonchev–Trinajstić information content (AvgIpc) is 2.93. The van der Waals surface area contributed by atoms with Crippen molar-refractivity contribution in [2.45, 2.75) is 25.4 Å². The lowest BCUT2D eigenvalue weighted by Gasteiger charge is -2.32. The molecule has 188 valence electrons. The number of likely N-dealkylation sites (tertiary alicyclic amines) is 1. The van der Waals surface area contributed by atoms with Crippen molar-refractivity contribution in [2.24, 2.45) is 5.92 Å². The summed E-state index contributed by atoms with van der Waals surface area (Å²) in [4.78, 5) is 40.1. The first-order valence-electron chi connectivity index (χ1n) is 12.5. The monoisotopic (exact) mass is 487 g/mol. The Hall–Kier alpha value is -3.71. The second-order valence-electron chi connectivity index (χ2n) is 9.26. The predicted molar refractivity (Wildman–Crippen MR) is 140 cm³/mol. The molecule has 1 atom stereocenters. The van der Waals surface area contributed by atoms with E-state index in [2.05, 4.69) is 10.2 Å². The van der Waals surface area contributed by atoms with E-state index in [9.17, 15) is 14.4 Å². The van der Waals surface area contributed by atoms with Gasteiger partial charge >= 0.3 is 6.09 Å². The summed E-state index contributed by atoms with van der Waals surface area (Å²) in [6, 6.07) is 17.6. The SMILES string of the molecule is CN(CCN1CCC(OC(=O)Nc2ccccc2-c2ccccc2)CC1)C(=O)C1=CCC(C=O)C=C1. The van der Waals surface area contributed by atoms with Crippen LogP contribution >= 0.6 is 0 Å². The molecule has 2 aromatic rings. The third-order valence-corrected chi connectivity index (χ3v) is 6.71. The lowest BCUT2D eigenvalue weighted by molar-refractivity contribution is -0.126. The Morgan fingerprint density at radius 2 is 1.81 bits per heavy atom. The Morgan fingerprint density at radius 1 is 1.08 bits per heavy atom. The van der Waals surface area contributed by atoms with E-state index < -0.39 is 6.09 Å². The molecule has 1 N–H and O–H groups in total. The quantitative estimate of drug-likeness (QED) is 0.554. The summed E-state index contributed by atoms with van der Waals surface area (Å²) in [6.07, 6.45) is 7.79. The molecular formula is C29H33N3O4. The predicted octanol–water partition coefficient (Wildman–Crippen LogP) is 4.53. The number of para-hydroxylation sites is 1. The van der Waals surface area contributed by atoms with Gasteiger partial charge in [0.05, 0.1) is 5.69 Å². The fourth-order valence-corrected chi connectivity index (χ4v) is 4.51. The maximum Gasteiger partial charge on any atom is 0.411 e. The standard InChI is InChI=1S/C29H33N3O4/c1-31(28(34)24-13-11-22(21-33)12-14-24)19-20-32-17-15-25(16-18-32)36-29(35)30-27-10-6-5-9-26(27)23-7-3-2-4-8-23/h2-11,13-14,21-22,25H,12,15-20H2,1H3,(H,30,35). The number of aldehydes is 1. The third kappa shape index (κ3) is 6.70. The number of carbonyl (C=O) groups excluding carboxylic acids is 3. The molecule has 2 amide bonds. The van der Waals surface area contributed by atoms with Gasteiger partial charge in [-0.05, 0) is 30.9 Å². The van der Waals surface area contributed by atoms with Crippen molar-refractivity contribution in [3.05, 3.63) is 78.4 Å². The number of nitrogens with one attached hydrogen (secondary N) is 1. The van der Waals surface area contributed by atoms with Crippen LogP contribution in [0.5, 0.6) is 0 Å². The van der Waals surface area contributed by atoms with Gasteiger partial charge in [-0.1, -0.05) is 66.8 Å². The first-order valence-corrected chi connectivity index (χ1v) is 12.5. The first-order chi connectivity index (χ1) is 17.5. The van der Waals surface area contributed by atoms with Crippen LogP contribution in [0.25, 0.3) is 11.1 Å². The Balaban J connectivity index is 1.20. The van der Waals surface area contributed by atoms with Gasteiger partial charge in [-0.15, -0.1) is 0 Å². The van der Waals surface area contributed by atoms with E-state index in [-0.39, 0.29) is 17.9 Å². The van der Waals surface area contributed by atoms with Crippen molar-refractivity contribution in [2.75, 3.05) is 38.5 Å². The van der Waals surface area contributed by atoms with Gasteiger partial charge in [0.25, 0.3) is 5.91 Å². The van der Waals surface area contributed by atoms with Gasteiger partial charge in [-0.2, -0.15) is 0 Å². The molecule has 1 fully saturated rings. The van der Waals surface area contributed by atoms with Crippen molar-refractivity contribution in [1.29, 1.82) is 0 Å². The molecule has 2 aliphatic rings. The topological polar surface area (TPSA) is 79.0 Å². The van der Waals surface area contributed by atoms with E-state index in [4.69, 9.17) is 4.74 Å². The fourth-order valence-electron chi connectivity index (χ4n) is 4.51. The molecule has 1 saturated heterocycles. The molecule has 4 rings (SSSR count). The van der Waals surface area contributed by atoms with E-state index >= 15 is 0 Å². The molecule has 2 aromatic carbocycles. The van der Waals surface area contributed by atoms with Crippen LogP contribution in [0, 0.1) is 5.92 Å². The number of rotatable bonds is 8. The fraction of sp³-hybridized carbons (Fsp3) is 0.345. The zero-order valence-corrected chi connectivity index (χ0v) is 20.6. The number of allylic oxidation sites excluding steroid dienone is 2. The van der Waals surface area contributed by atoms with Crippen LogP contribution in [0.1, 0.15) is 19.3 Å². The molecule has 0 bridgehead atoms. The molecule has 7 heteroatoms. The summed E-state index contributed by atoms with van der Waals surface area (Å²) < 4.78 is 5.71. The minimum atomic E-state index is -0.437. The summed E-state index contributed by atoms with van der Waals surface area (Å²) in [7, 11) is 1.80. The molecule has 1 aliphatic heterocycles. The maximum atomic E-state index is 12.6. The van der Waals surface area contributed by atoms with E-state index in [1.54, 1.807) is 24.1 Å². The van der Waals surface area contributed by atoms with Gasteiger partial charge in [0.2, 0.25) is 0 Å². The number of hydrogen-bond acceptors (Lipinski definition) is 5. The van der Waals surface area contributed by atoms with Crippen molar-refractivity contribution in [3.8, 4) is 11.1 Å². The van der Waals surface area contributed by atoms with Crippen molar-refractivity contribution < 1.29 is 19.1 Å². The van der Waals surface area contributed by atoms with Crippen LogP contribution in [0.2, 0.25) is 0 Å². The highest BCUT2D eigenvalue weighted by atomic mass is 16.6. The minimum absolute atomic E-state index is 0.0266. The Bertz CT molecular complexity index is 1120. The summed E-state index contributed by atoms with van der Waals surface area (Å²) in [5.41, 5.74) is 3.35. The molecule has 0 spiro atoms. The molecular weight excluding hydrogens is 454 g/mol. The zero-order valence-electron chi connectivity index (χ0n) is 20.6. The van der Waals surface area contributed by atoms with Gasteiger partial charge in [-0.3, -0.25) is 10.1 Å². The lowest BCUT2D eigenvalue weighted by Crippen LogP contribution is -2.42. The first kappa shape index (κ1) is 25.4. The molecule has 0 radical (unpaired) electrons. The summed E-state index contributed by atoms with van der Waals surface area (Å²) in [5, 5.41) is 2.91. The van der Waals surface area contributed by atoms with Gasteiger partial charge in [0.15, 0.2) is 0 Å². The van der Waals surface area contributed by atoms with Gasteiger partial charge < -0.3 is 19.3 Å². The second kappa shape index (κ2) is 12.3. The van der Waals surface area contributed by atoms with Gasteiger partial charge in [-0.25, -0.2) is 4.79 Å². The van der Waals surface area contributed by atoms with Gasteiger partial charge in [0, 0.05) is 50.3 Å². The summed E-state index contributed by atoms with van der Waals surface area (Å²) in [5.74, 6) is -0.155.